The van der Waals surface area contributed by atoms with E-state index in [2.05, 4.69) is 15.3 Å². The van der Waals surface area contributed by atoms with Gasteiger partial charge in [0, 0.05) is 67.8 Å². The van der Waals surface area contributed by atoms with Crippen LogP contribution < -0.4 is 5.32 Å². The SMILES string of the molecule is CC(=O)N1CCCC1C(=O)N(CCCn1ccnc1)C1(C(=O)NC=Cc2c[nH]c3ccccc23)CCCCC1. The first-order valence-corrected chi connectivity index (χ1v) is 14.1. The lowest BCUT2D eigenvalue weighted by molar-refractivity contribution is -0.155. The standard InChI is InChI=1S/C30H38N6O3/c1-23(37)35-18-7-11-27(35)28(38)36(19-8-17-34-20-16-31-22-34)30(13-5-2-6-14-30)29(39)32-15-12-24-21-33-26-10-4-3-9-25(24)26/h3-4,9-10,12,15-16,20-22,27,33H,2,5-8,11,13-14,17-19H2,1H3,(H,32,39). The van der Waals surface area contributed by atoms with Gasteiger partial charge in [-0.05, 0) is 44.2 Å². The van der Waals surface area contributed by atoms with E-state index in [0.29, 0.717) is 45.3 Å². The van der Waals surface area contributed by atoms with E-state index in [1.54, 1.807) is 23.6 Å². The first kappa shape index (κ1) is 26.7. The Balaban J connectivity index is 1.40. The number of fused-ring (bicyclic) bond motifs is 1. The summed E-state index contributed by atoms with van der Waals surface area (Å²) in [4.78, 5) is 51.4. The highest BCUT2D eigenvalue weighted by Gasteiger charge is 2.49. The minimum atomic E-state index is -0.945. The van der Waals surface area contributed by atoms with Crippen LogP contribution in [0.5, 0.6) is 0 Å². The maximum absolute atomic E-state index is 14.2. The number of likely N-dealkylation sites (tertiary alicyclic amines) is 1. The van der Waals surface area contributed by atoms with Gasteiger partial charge in [0.1, 0.15) is 11.6 Å². The number of nitrogens with zero attached hydrogens (tertiary/aromatic N) is 4. The molecule has 9 nitrogen and oxygen atoms in total. The van der Waals surface area contributed by atoms with Crippen molar-refractivity contribution >= 4 is 34.7 Å². The molecular weight excluding hydrogens is 492 g/mol. The summed E-state index contributed by atoms with van der Waals surface area (Å²) in [5.41, 5.74) is 1.08. The molecule has 1 atom stereocenters. The Hall–Kier alpha value is -3.88. The third-order valence-corrected chi connectivity index (χ3v) is 8.28. The monoisotopic (exact) mass is 530 g/mol. The quantitative estimate of drug-likeness (QED) is 0.435. The van der Waals surface area contributed by atoms with Crippen LogP contribution in [0.1, 0.15) is 63.9 Å². The van der Waals surface area contributed by atoms with E-state index >= 15 is 0 Å². The molecule has 206 valence electrons. The van der Waals surface area contributed by atoms with Crippen LogP contribution in [-0.2, 0) is 20.9 Å². The highest BCUT2D eigenvalue weighted by Crippen LogP contribution is 2.36. The largest absolute Gasteiger partial charge is 0.361 e. The number of hydrogen-bond acceptors (Lipinski definition) is 4. The summed E-state index contributed by atoms with van der Waals surface area (Å²) in [5.74, 6) is -0.347. The van der Waals surface area contributed by atoms with Gasteiger partial charge < -0.3 is 24.7 Å². The summed E-state index contributed by atoms with van der Waals surface area (Å²) in [6, 6.07) is 7.52. The molecule has 0 radical (unpaired) electrons. The first-order valence-electron chi connectivity index (χ1n) is 14.1. The van der Waals surface area contributed by atoms with E-state index in [-0.39, 0.29) is 17.7 Å². The smallest absolute Gasteiger partial charge is 0.249 e. The topological polar surface area (TPSA) is 103 Å². The number of carbonyl (C=O) groups excluding carboxylic acids is 3. The number of aromatic nitrogens is 3. The van der Waals surface area contributed by atoms with Crippen LogP contribution in [0.2, 0.25) is 0 Å². The number of rotatable bonds is 9. The molecule has 1 saturated heterocycles. The fraction of sp³-hybridized carbons (Fsp3) is 0.467. The molecule has 0 spiro atoms. The predicted molar refractivity (Wildman–Crippen MR) is 150 cm³/mol. The van der Waals surface area contributed by atoms with Gasteiger partial charge in [0.05, 0.1) is 6.33 Å². The molecule has 9 heteroatoms. The molecule has 1 aliphatic carbocycles. The van der Waals surface area contributed by atoms with Crippen LogP contribution in [-0.4, -0.2) is 66.7 Å². The molecule has 2 fully saturated rings. The summed E-state index contributed by atoms with van der Waals surface area (Å²) in [6.45, 7) is 3.25. The van der Waals surface area contributed by atoms with Crippen molar-refractivity contribution in [3.8, 4) is 0 Å². The minimum Gasteiger partial charge on any atom is -0.361 e. The first-order chi connectivity index (χ1) is 19.0. The lowest BCUT2D eigenvalue weighted by Gasteiger charge is -2.46. The maximum atomic E-state index is 14.2. The molecule has 1 saturated carbocycles. The molecule has 2 N–H and O–H groups in total. The predicted octanol–water partition coefficient (Wildman–Crippen LogP) is 4.08. The molecule has 1 aliphatic heterocycles. The molecule has 1 aromatic carbocycles. The Labute approximate surface area is 229 Å². The van der Waals surface area contributed by atoms with Crippen molar-refractivity contribution in [2.75, 3.05) is 13.1 Å². The van der Waals surface area contributed by atoms with Gasteiger partial charge in [0.15, 0.2) is 0 Å². The lowest BCUT2D eigenvalue weighted by atomic mass is 9.78. The Morgan fingerprint density at radius 3 is 2.77 bits per heavy atom. The number of imidazole rings is 1. The van der Waals surface area contributed by atoms with Crippen molar-refractivity contribution in [1.29, 1.82) is 0 Å². The second-order valence-corrected chi connectivity index (χ2v) is 10.7. The fourth-order valence-corrected chi connectivity index (χ4v) is 6.28. The Morgan fingerprint density at radius 2 is 2.00 bits per heavy atom. The summed E-state index contributed by atoms with van der Waals surface area (Å²) in [6.07, 6.45) is 17.1. The average Bonchev–Trinajstić information content (AvgIpc) is 3.73. The van der Waals surface area contributed by atoms with Crippen molar-refractivity contribution in [2.24, 2.45) is 0 Å². The van der Waals surface area contributed by atoms with Gasteiger partial charge in [-0.2, -0.15) is 0 Å². The van der Waals surface area contributed by atoms with E-state index in [4.69, 9.17) is 0 Å². The van der Waals surface area contributed by atoms with Gasteiger partial charge in [-0.25, -0.2) is 4.98 Å². The second-order valence-electron chi connectivity index (χ2n) is 10.7. The van der Waals surface area contributed by atoms with Gasteiger partial charge in [-0.3, -0.25) is 14.4 Å². The zero-order valence-electron chi connectivity index (χ0n) is 22.6. The molecule has 1 unspecified atom stereocenters. The molecule has 39 heavy (non-hydrogen) atoms. The Bertz CT molecular complexity index is 1320. The number of aryl methyl sites for hydroxylation is 1. The molecular formula is C30H38N6O3. The van der Waals surface area contributed by atoms with Crippen LogP contribution in [0, 0.1) is 0 Å². The normalized spacial score (nSPS) is 19.0. The van der Waals surface area contributed by atoms with Crippen molar-refractivity contribution in [3.63, 3.8) is 0 Å². The number of benzene rings is 1. The van der Waals surface area contributed by atoms with Crippen molar-refractivity contribution < 1.29 is 14.4 Å². The second kappa shape index (κ2) is 11.9. The summed E-state index contributed by atoms with van der Waals surface area (Å²) in [7, 11) is 0. The maximum Gasteiger partial charge on any atom is 0.249 e. The van der Waals surface area contributed by atoms with Crippen LogP contribution >= 0.6 is 0 Å². The van der Waals surface area contributed by atoms with Gasteiger partial charge >= 0.3 is 0 Å². The molecule has 2 aliphatic rings. The zero-order valence-corrected chi connectivity index (χ0v) is 22.6. The summed E-state index contributed by atoms with van der Waals surface area (Å²) in [5, 5.41) is 4.12. The number of nitrogens with one attached hydrogen (secondary N) is 2. The van der Waals surface area contributed by atoms with Crippen LogP contribution in [0.25, 0.3) is 17.0 Å². The van der Waals surface area contributed by atoms with Crippen molar-refractivity contribution in [3.05, 3.63) is 60.9 Å². The Kier molecular flexibility index (Phi) is 8.14. The van der Waals surface area contributed by atoms with Gasteiger partial charge in [-0.1, -0.05) is 37.5 Å². The van der Waals surface area contributed by atoms with Crippen LogP contribution in [0.4, 0.5) is 0 Å². The van der Waals surface area contributed by atoms with E-state index in [9.17, 15) is 14.4 Å². The van der Waals surface area contributed by atoms with Crippen molar-refractivity contribution in [2.45, 2.75) is 76.4 Å². The number of H-pyrrole nitrogens is 1. The zero-order chi connectivity index (χ0) is 27.2. The van der Waals surface area contributed by atoms with E-state index in [1.165, 1.54) is 6.92 Å². The molecule has 0 bridgehead atoms. The molecule has 3 aromatic rings. The fourth-order valence-electron chi connectivity index (χ4n) is 6.28. The van der Waals surface area contributed by atoms with Crippen LogP contribution in [0.15, 0.2) is 55.4 Å². The van der Waals surface area contributed by atoms with E-state index in [1.807, 2.05) is 52.2 Å². The average molecular weight is 531 g/mol. The summed E-state index contributed by atoms with van der Waals surface area (Å²) >= 11 is 0. The lowest BCUT2D eigenvalue weighted by Crippen LogP contribution is -2.64. The Morgan fingerprint density at radius 1 is 1.18 bits per heavy atom. The van der Waals surface area contributed by atoms with Crippen LogP contribution in [0.3, 0.4) is 0 Å². The van der Waals surface area contributed by atoms with Gasteiger partial charge in [0.25, 0.3) is 0 Å². The van der Waals surface area contributed by atoms with E-state index in [0.717, 1.165) is 42.1 Å². The highest BCUT2D eigenvalue weighted by molar-refractivity contribution is 5.96. The number of carbonyl (C=O) groups is 3. The number of para-hydroxylation sites is 1. The summed E-state index contributed by atoms with van der Waals surface area (Å²) < 4.78 is 1.98. The third-order valence-electron chi connectivity index (χ3n) is 8.28. The third kappa shape index (κ3) is 5.62. The molecule has 5 rings (SSSR count). The highest BCUT2D eigenvalue weighted by atomic mass is 16.2. The van der Waals surface area contributed by atoms with Gasteiger partial charge in [-0.15, -0.1) is 0 Å². The molecule has 3 heterocycles. The number of aromatic amines is 1. The van der Waals surface area contributed by atoms with Crippen molar-refractivity contribution in [1.82, 2.24) is 29.7 Å². The number of hydrogen-bond donors (Lipinski definition) is 2. The van der Waals surface area contributed by atoms with Gasteiger partial charge in [0.2, 0.25) is 17.7 Å². The number of amides is 3. The molecule has 3 amide bonds. The van der Waals surface area contributed by atoms with E-state index < -0.39 is 11.6 Å². The minimum absolute atomic E-state index is 0.0898. The molecule has 2 aromatic heterocycles.